The first kappa shape index (κ1) is 14.2. The number of carbonyl (C=O) groups is 1. The van der Waals surface area contributed by atoms with E-state index < -0.39 is 11.7 Å². The van der Waals surface area contributed by atoms with Gasteiger partial charge in [-0.2, -0.15) is 0 Å². The molecule has 1 heterocycles. The van der Waals surface area contributed by atoms with Gasteiger partial charge in [0, 0.05) is 14.1 Å². The Morgan fingerprint density at radius 2 is 1.95 bits per heavy atom. The molecule has 0 fully saturated rings. The molecule has 0 bridgehead atoms. The van der Waals surface area contributed by atoms with Crippen molar-refractivity contribution in [2.75, 3.05) is 24.3 Å². The lowest BCUT2D eigenvalue weighted by Crippen LogP contribution is -2.15. The normalized spacial score (nSPS) is 10.2. The van der Waals surface area contributed by atoms with Crippen LogP contribution in [0.1, 0.15) is 10.4 Å². The van der Waals surface area contributed by atoms with Crippen LogP contribution < -0.4 is 10.2 Å². The Morgan fingerprint density at radius 3 is 2.50 bits per heavy atom. The van der Waals surface area contributed by atoms with Gasteiger partial charge in [-0.05, 0) is 18.2 Å². The molecule has 104 valence electrons. The van der Waals surface area contributed by atoms with E-state index in [9.17, 15) is 9.18 Å². The summed E-state index contributed by atoms with van der Waals surface area (Å²) in [6.45, 7) is 0. The standard InChI is InChI=1S/C13H12ClFN4O/c1-19(2)13-16-6-9(7-17-13)18-12(20)10-4-3-8(15)5-11(10)14/h3-7H,1-2H3,(H,18,20). The molecule has 5 nitrogen and oxygen atoms in total. The molecule has 2 rings (SSSR count). The number of anilines is 2. The summed E-state index contributed by atoms with van der Waals surface area (Å²) in [7, 11) is 3.62. The molecule has 1 N–H and O–H groups in total. The lowest BCUT2D eigenvalue weighted by molar-refractivity contribution is 0.102. The second kappa shape index (κ2) is 5.83. The number of nitrogens with one attached hydrogen (secondary N) is 1. The van der Waals surface area contributed by atoms with Crippen molar-refractivity contribution in [2.24, 2.45) is 0 Å². The van der Waals surface area contributed by atoms with Crippen LogP contribution in [0.15, 0.2) is 30.6 Å². The maximum atomic E-state index is 12.9. The highest BCUT2D eigenvalue weighted by atomic mass is 35.5. The van der Waals surface area contributed by atoms with Crippen LogP contribution >= 0.6 is 11.6 Å². The maximum Gasteiger partial charge on any atom is 0.257 e. The Kier molecular flexibility index (Phi) is 4.14. The highest BCUT2D eigenvalue weighted by Crippen LogP contribution is 2.18. The third-order valence-corrected chi connectivity index (χ3v) is 2.78. The van der Waals surface area contributed by atoms with Gasteiger partial charge in [0.2, 0.25) is 5.95 Å². The van der Waals surface area contributed by atoms with Gasteiger partial charge >= 0.3 is 0 Å². The molecule has 0 aliphatic rings. The Bertz CT molecular complexity index is 631. The van der Waals surface area contributed by atoms with Crippen molar-refractivity contribution in [1.29, 1.82) is 0 Å². The topological polar surface area (TPSA) is 58.1 Å². The van der Waals surface area contributed by atoms with Gasteiger partial charge in [0.15, 0.2) is 0 Å². The van der Waals surface area contributed by atoms with Gasteiger partial charge in [-0.1, -0.05) is 11.6 Å². The Labute approximate surface area is 120 Å². The summed E-state index contributed by atoms with van der Waals surface area (Å²) in [5, 5.41) is 2.64. The van der Waals surface area contributed by atoms with Crippen molar-refractivity contribution in [1.82, 2.24) is 9.97 Å². The van der Waals surface area contributed by atoms with Crippen LogP contribution in [0.5, 0.6) is 0 Å². The molecule has 0 radical (unpaired) electrons. The van der Waals surface area contributed by atoms with Gasteiger partial charge in [0.25, 0.3) is 5.91 Å². The van der Waals surface area contributed by atoms with Gasteiger partial charge in [-0.25, -0.2) is 14.4 Å². The Morgan fingerprint density at radius 1 is 1.30 bits per heavy atom. The number of carbonyl (C=O) groups excluding carboxylic acids is 1. The number of rotatable bonds is 3. The van der Waals surface area contributed by atoms with E-state index >= 15 is 0 Å². The van der Waals surface area contributed by atoms with Crippen molar-refractivity contribution >= 4 is 29.1 Å². The van der Waals surface area contributed by atoms with Crippen LogP contribution in [-0.4, -0.2) is 30.0 Å². The van der Waals surface area contributed by atoms with Crippen LogP contribution in [0.25, 0.3) is 0 Å². The first-order valence-electron chi connectivity index (χ1n) is 5.73. The van der Waals surface area contributed by atoms with E-state index in [1.54, 1.807) is 4.90 Å². The van der Waals surface area contributed by atoms with Crippen LogP contribution in [0, 0.1) is 5.82 Å². The second-order valence-corrected chi connectivity index (χ2v) is 4.65. The van der Waals surface area contributed by atoms with Gasteiger partial charge in [-0.15, -0.1) is 0 Å². The largest absolute Gasteiger partial charge is 0.347 e. The molecule has 0 aliphatic heterocycles. The smallest absolute Gasteiger partial charge is 0.257 e. The van der Waals surface area contributed by atoms with Gasteiger partial charge in [0.05, 0.1) is 28.7 Å². The third-order valence-electron chi connectivity index (χ3n) is 2.47. The zero-order valence-electron chi connectivity index (χ0n) is 10.9. The molecule has 0 atom stereocenters. The first-order valence-corrected chi connectivity index (χ1v) is 6.11. The number of nitrogens with zero attached hydrogens (tertiary/aromatic N) is 3. The lowest BCUT2D eigenvalue weighted by atomic mass is 10.2. The molecule has 0 spiro atoms. The molecule has 0 aliphatic carbocycles. The van der Waals surface area contributed by atoms with E-state index in [1.165, 1.54) is 24.5 Å². The molecule has 1 aromatic heterocycles. The van der Waals surface area contributed by atoms with Crippen molar-refractivity contribution in [3.63, 3.8) is 0 Å². The summed E-state index contributed by atoms with van der Waals surface area (Å²) in [4.78, 5) is 21.9. The number of amides is 1. The van der Waals surface area contributed by atoms with E-state index in [1.807, 2.05) is 14.1 Å². The van der Waals surface area contributed by atoms with Crippen LogP contribution in [0.2, 0.25) is 5.02 Å². The van der Waals surface area contributed by atoms with Crippen LogP contribution in [0.4, 0.5) is 16.0 Å². The van der Waals surface area contributed by atoms with E-state index in [4.69, 9.17) is 11.6 Å². The quantitative estimate of drug-likeness (QED) is 0.945. The van der Waals surface area contributed by atoms with Gasteiger partial charge < -0.3 is 10.2 Å². The minimum Gasteiger partial charge on any atom is -0.347 e. The highest BCUT2D eigenvalue weighted by molar-refractivity contribution is 6.34. The molecule has 20 heavy (non-hydrogen) atoms. The zero-order valence-corrected chi connectivity index (χ0v) is 11.6. The van der Waals surface area contributed by atoms with E-state index in [2.05, 4.69) is 15.3 Å². The Balaban J connectivity index is 2.15. The summed E-state index contributed by atoms with van der Waals surface area (Å²) in [5.41, 5.74) is 0.616. The van der Waals surface area contributed by atoms with E-state index in [0.29, 0.717) is 11.6 Å². The number of hydrogen-bond donors (Lipinski definition) is 1. The number of halogens is 2. The van der Waals surface area contributed by atoms with E-state index in [-0.39, 0.29) is 10.6 Å². The predicted octanol–water partition coefficient (Wildman–Crippen LogP) is 2.59. The summed E-state index contributed by atoms with van der Waals surface area (Å²) in [6, 6.07) is 3.58. The summed E-state index contributed by atoms with van der Waals surface area (Å²) >= 11 is 5.82. The average molecular weight is 295 g/mol. The zero-order chi connectivity index (χ0) is 14.7. The first-order chi connectivity index (χ1) is 9.47. The molecule has 1 aromatic carbocycles. The predicted molar refractivity (Wildman–Crippen MR) is 75.7 cm³/mol. The van der Waals surface area contributed by atoms with Crippen molar-refractivity contribution < 1.29 is 9.18 Å². The summed E-state index contributed by atoms with van der Waals surface area (Å²) < 4.78 is 12.9. The van der Waals surface area contributed by atoms with Gasteiger partial charge in [0.1, 0.15) is 5.82 Å². The second-order valence-electron chi connectivity index (χ2n) is 4.24. The maximum absolute atomic E-state index is 12.9. The van der Waals surface area contributed by atoms with Crippen molar-refractivity contribution in [2.45, 2.75) is 0 Å². The average Bonchev–Trinajstić information content (AvgIpc) is 2.39. The molecule has 0 saturated carbocycles. The molecule has 0 unspecified atom stereocenters. The monoisotopic (exact) mass is 294 g/mol. The van der Waals surface area contributed by atoms with Crippen molar-refractivity contribution in [3.8, 4) is 0 Å². The highest BCUT2D eigenvalue weighted by Gasteiger charge is 2.12. The van der Waals surface area contributed by atoms with Crippen LogP contribution in [-0.2, 0) is 0 Å². The lowest BCUT2D eigenvalue weighted by Gasteiger charge is -2.10. The van der Waals surface area contributed by atoms with Crippen molar-refractivity contribution in [3.05, 3.63) is 47.0 Å². The SMILES string of the molecule is CN(C)c1ncc(NC(=O)c2ccc(F)cc2Cl)cn1. The fourth-order valence-corrected chi connectivity index (χ4v) is 1.74. The molecular formula is C13H12ClFN4O. The van der Waals surface area contributed by atoms with E-state index in [0.717, 1.165) is 6.07 Å². The fraction of sp³-hybridized carbons (Fsp3) is 0.154. The molecule has 2 aromatic rings. The number of aromatic nitrogens is 2. The molecule has 1 amide bonds. The van der Waals surface area contributed by atoms with Crippen LogP contribution in [0.3, 0.4) is 0 Å². The number of benzene rings is 1. The third kappa shape index (κ3) is 3.21. The minimum atomic E-state index is -0.495. The van der Waals surface area contributed by atoms with Gasteiger partial charge in [-0.3, -0.25) is 4.79 Å². The summed E-state index contributed by atoms with van der Waals surface area (Å²) in [5.74, 6) is -0.413. The molecule has 0 saturated heterocycles. The number of hydrogen-bond acceptors (Lipinski definition) is 4. The molecule has 7 heteroatoms. The fourth-order valence-electron chi connectivity index (χ4n) is 1.49. The molecular weight excluding hydrogens is 283 g/mol. The minimum absolute atomic E-state index is 0.0494. The Hall–Kier alpha value is -2.21. The summed E-state index contributed by atoms with van der Waals surface area (Å²) in [6.07, 6.45) is 2.97.